The van der Waals surface area contributed by atoms with Gasteiger partial charge in [-0.15, -0.1) is 0 Å². The van der Waals surface area contributed by atoms with E-state index in [1.165, 1.54) is 10.6 Å². The minimum Gasteiger partial charge on any atom is -0.444 e. The molecule has 2 saturated heterocycles. The van der Waals surface area contributed by atoms with Crippen molar-refractivity contribution in [1.82, 2.24) is 19.8 Å². The maximum atomic E-state index is 12.0. The van der Waals surface area contributed by atoms with Crippen molar-refractivity contribution in [2.75, 3.05) is 45.5 Å². The Morgan fingerprint density at radius 3 is 2.44 bits per heavy atom. The molecule has 2 heterocycles. The summed E-state index contributed by atoms with van der Waals surface area (Å²) < 4.78 is 30.1. The van der Waals surface area contributed by atoms with Crippen LogP contribution in [0.15, 0.2) is 4.99 Å². The van der Waals surface area contributed by atoms with E-state index in [9.17, 15) is 13.2 Å². The molecule has 2 aliphatic heterocycles. The number of likely N-dealkylation sites (tertiary alicyclic amines) is 1. The molecule has 156 valence electrons. The first-order valence-corrected chi connectivity index (χ1v) is 11.3. The molecule has 2 aliphatic rings. The predicted molar refractivity (Wildman–Crippen MR) is 105 cm³/mol. The highest BCUT2D eigenvalue weighted by molar-refractivity contribution is 7.88. The quantitative estimate of drug-likeness (QED) is 0.510. The number of hydrogen-bond donors (Lipinski definition) is 2. The van der Waals surface area contributed by atoms with Gasteiger partial charge in [0.25, 0.3) is 0 Å². The fraction of sp³-hybridized carbons (Fsp3) is 0.882. The number of rotatable bonds is 5. The fourth-order valence-electron chi connectivity index (χ4n) is 3.03. The Morgan fingerprint density at radius 2 is 1.93 bits per heavy atom. The first-order valence-electron chi connectivity index (χ1n) is 9.46. The van der Waals surface area contributed by atoms with Crippen molar-refractivity contribution in [2.24, 2.45) is 10.9 Å². The highest BCUT2D eigenvalue weighted by Crippen LogP contribution is 2.19. The molecule has 0 aliphatic carbocycles. The molecule has 2 fully saturated rings. The molecule has 0 aromatic rings. The van der Waals surface area contributed by atoms with E-state index >= 15 is 0 Å². The van der Waals surface area contributed by atoms with Gasteiger partial charge < -0.3 is 20.3 Å². The number of guanidine groups is 1. The maximum absolute atomic E-state index is 12.0. The van der Waals surface area contributed by atoms with E-state index in [1.807, 2.05) is 27.7 Å². The topological polar surface area (TPSA) is 103 Å². The van der Waals surface area contributed by atoms with Crippen LogP contribution in [-0.2, 0) is 14.8 Å². The zero-order valence-corrected chi connectivity index (χ0v) is 17.8. The highest BCUT2D eigenvalue weighted by atomic mass is 32.2. The molecule has 9 nitrogen and oxygen atoms in total. The van der Waals surface area contributed by atoms with Gasteiger partial charge in [0.15, 0.2) is 5.96 Å². The van der Waals surface area contributed by atoms with E-state index in [0.717, 1.165) is 13.0 Å². The van der Waals surface area contributed by atoms with Crippen LogP contribution in [0, 0.1) is 5.92 Å². The summed E-state index contributed by atoms with van der Waals surface area (Å²) in [5.74, 6) is 0.930. The molecule has 2 N–H and O–H groups in total. The number of aliphatic imine (C=N–C) groups is 1. The predicted octanol–water partition coefficient (Wildman–Crippen LogP) is 0.442. The Kier molecular flexibility index (Phi) is 6.96. The molecule has 0 saturated carbocycles. The number of ether oxygens (including phenoxy) is 1. The van der Waals surface area contributed by atoms with Gasteiger partial charge in [-0.3, -0.25) is 4.99 Å². The van der Waals surface area contributed by atoms with Crippen LogP contribution in [0.25, 0.3) is 0 Å². The maximum Gasteiger partial charge on any atom is 0.410 e. The second-order valence-electron chi connectivity index (χ2n) is 8.22. The van der Waals surface area contributed by atoms with Crippen LogP contribution in [0.1, 0.15) is 34.1 Å². The number of sulfonamides is 1. The van der Waals surface area contributed by atoms with Gasteiger partial charge in [0.2, 0.25) is 10.0 Å². The van der Waals surface area contributed by atoms with Crippen molar-refractivity contribution in [3.8, 4) is 0 Å². The number of carbonyl (C=O) groups excluding carboxylic acids is 1. The molecule has 0 spiro atoms. The number of nitrogens with one attached hydrogen (secondary N) is 2. The van der Waals surface area contributed by atoms with Crippen LogP contribution >= 0.6 is 0 Å². The molecule has 1 atom stereocenters. The van der Waals surface area contributed by atoms with Crippen molar-refractivity contribution < 1.29 is 17.9 Å². The van der Waals surface area contributed by atoms with Gasteiger partial charge in [0, 0.05) is 39.3 Å². The Hall–Kier alpha value is -1.55. The van der Waals surface area contributed by atoms with Gasteiger partial charge in [-0.05, 0) is 40.0 Å². The first-order chi connectivity index (χ1) is 12.5. The Morgan fingerprint density at radius 1 is 1.26 bits per heavy atom. The first kappa shape index (κ1) is 21.7. The number of hydrogen-bond acceptors (Lipinski definition) is 5. The van der Waals surface area contributed by atoms with Crippen molar-refractivity contribution in [3.63, 3.8) is 0 Å². The summed E-state index contributed by atoms with van der Waals surface area (Å²) in [5.41, 5.74) is -0.493. The largest absolute Gasteiger partial charge is 0.444 e. The lowest BCUT2D eigenvalue weighted by atomic mass is 10.1. The summed E-state index contributed by atoms with van der Waals surface area (Å²) in [7, 11) is -3.12. The second-order valence-corrected chi connectivity index (χ2v) is 10.2. The third-order valence-electron chi connectivity index (χ3n) is 4.44. The van der Waals surface area contributed by atoms with E-state index in [1.54, 1.807) is 4.90 Å². The normalized spacial score (nSPS) is 22.5. The zero-order valence-electron chi connectivity index (χ0n) is 17.0. The lowest BCUT2D eigenvalue weighted by molar-refractivity contribution is 0.00700. The minimum atomic E-state index is -3.12. The molecular formula is C17H33N5O4S. The van der Waals surface area contributed by atoms with E-state index in [2.05, 4.69) is 15.6 Å². The van der Waals surface area contributed by atoms with Crippen LogP contribution in [0.5, 0.6) is 0 Å². The van der Waals surface area contributed by atoms with Crippen LogP contribution in [0.4, 0.5) is 4.79 Å². The summed E-state index contributed by atoms with van der Waals surface area (Å²) in [6, 6.07) is 0.131. The zero-order chi connectivity index (χ0) is 20.2. The number of nitrogens with zero attached hydrogens (tertiary/aromatic N) is 3. The molecule has 10 heteroatoms. The highest BCUT2D eigenvalue weighted by Gasteiger charge is 2.34. The summed E-state index contributed by atoms with van der Waals surface area (Å²) >= 11 is 0. The molecule has 0 aromatic carbocycles. The molecule has 27 heavy (non-hydrogen) atoms. The van der Waals surface area contributed by atoms with Crippen LogP contribution < -0.4 is 10.6 Å². The van der Waals surface area contributed by atoms with Crippen LogP contribution in [0.3, 0.4) is 0 Å². The van der Waals surface area contributed by atoms with Gasteiger partial charge in [-0.1, -0.05) is 0 Å². The van der Waals surface area contributed by atoms with Gasteiger partial charge in [-0.25, -0.2) is 17.5 Å². The Bertz CT molecular complexity index is 653. The van der Waals surface area contributed by atoms with Crippen LogP contribution in [-0.4, -0.2) is 86.8 Å². The average Bonchev–Trinajstić information content (AvgIpc) is 2.94. The third kappa shape index (κ3) is 6.84. The Balaban J connectivity index is 1.79. The van der Waals surface area contributed by atoms with Gasteiger partial charge in [0.1, 0.15) is 5.60 Å². The number of amides is 1. The molecular weight excluding hydrogens is 370 g/mol. The smallest absolute Gasteiger partial charge is 0.410 e. The Labute approximate surface area is 162 Å². The monoisotopic (exact) mass is 403 g/mol. The summed E-state index contributed by atoms with van der Waals surface area (Å²) in [6.07, 6.45) is 1.78. The van der Waals surface area contributed by atoms with Crippen LogP contribution in [0.2, 0.25) is 0 Å². The van der Waals surface area contributed by atoms with Gasteiger partial charge >= 0.3 is 6.09 Å². The van der Waals surface area contributed by atoms with Gasteiger partial charge in [-0.2, -0.15) is 0 Å². The number of carbonyl (C=O) groups is 1. The van der Waals surface area contributed by atoms with Crippen molar-refractivity contribution >= 4 is 22.1 Å². The van der Waals surface area contributed by atoms with E-state index in [-0.39, 0.29) is 18.1 Å². The molecule has 2 rings (SSSR count). The molecule has 0 bridgehead atoms. The van der Waals surface area contributed by atoms with E-state index < -0.39 is 15.6 Å². The van der Waals surface area contributed by atoms with Crippen molar-refractivity contribution in [1.29, 1.82) is 0 Å². The minimum absolute atomic E-state index is 0.131. The van der Waals surface area contributed by atoms with Crippen molar-refractivity contribution in [3.05, 3.63) is 0 Å². The molecule has 0 radical (unpaired) electrons. The molecule has 1 amide bonds. The lowest BCUT2D eigenvalue weighted by Crippen LogP contribution is -2.63. The van der Waals surface area contributed by atoms with Crippen molar-refractivity contribution in [2.45, 2.75) is 45.8 Å². The summed E-state index contributed by atoms with van der Waals surface area (Å²) in [4.78, 5) is 18.2. The third-order valence-corrected chi connectivity index (χ3v) is 5.71. The van der Waals surface area contributed by atoms with Gasteiger partial charge in [0.05, 0.1) is 12.3 Å². The second kappa shape index (κ2) is 8.64. The fourth-order valence-corrected chi connectivity index (χ4v) is 3.95. The molecule has 1 unspecified atom stereocenters. The lowest BCUT2D eigenvalue weighted by Gasteiger charge is -2.40. The standard InChI is InChI=1S/C17H33N5O4S/c1-6-18-15(19-9-13-7-8-22(10-13)27(5,24)25)20-14-11-21(12-14)16(23)26-17(2,3)4/h13-14H,6-12H2,1-5H3,(H2,18,19,20). The molecule has 0 aromatic heterocycles. The summed E-state index contributed by atoms with van der Waals surface area (Å²) in [5, 5.41) is 6.53. The van der Waals surface area contributed by atoms with E-state index in [4.69, 9.17) is 4.74 Å². The summed E-state index contributed by atoms with van der Waals surface area (Å²) in [6.45, 7) is 11.1. The average molecular weight is 404 g/mol. The van der Waals surface area contributed by atoms with E-state index in [0.29, 0.717) is 38.7 Å². The SMILES string of the molecule is CCNC(=NCC1CCN(S(C)(=O)=O)C1)NC1CN(C(=O)OC(C)(C)C)C1.